The minimum absolute atomic E-state index is 0.124. The van der Waals surface area contributed by atoms with E-state index in [-0.39, 0.29) is 23.3 Å². The fourth-order valence-electron chi connectivity index (χ4n) is 3.44. The van der Waals surface area contributed by atoms with Gasteiger partial charge in [0.05, 0.1) is 0 Å². The maximum absolute atomic E-state index is 12.6. The molecule has 1 aliphatic rings. The smallest absolute Gasteiger partial charge is 0.280 e. The Morgan fingerprint density at radius 3 is 2.76 bits per heavy atom. The van der Waals surface area contributed by atoms with Crippen molar-refractivity contribution in [3.8, 4) is 5.75 Å². The monoisotopic (exact) mass is 344 g/mol. The van der Waals surface area contributed by atoms with E-state index in [2.05, 4.69) is 5.16 Å². The van der Waals surface area contributed by atoms with E-state index < -0.39 is 0 Å². The van der Waals surface area contributed by atoms with Gasteiger partial charge in [-0.3, -0.25) is 9.59 Å². The summed E-state index contributed by atoms with van der Waals surface area (Å²) in [5, 5.41) is 11.6. The molecule has 25 heavy (non-hydrogen) atoms. The number of aromatic nitrogens is 1. The number of carbonyl (C=O) groups is 1. The Morgan fingerprint density at radius 2 is 2.04 bits per heavy atom. The Kier molecular flexibility index (Phi) is 5.58. The van der Waals surface area contributed by atoms with Crippen molar-refractivity contribution >= 4 is 5.91 Å². The minimum Gasteiger partial charge on any atom is -0.508 e. The number of hydrogen-bond acceptors (Lipinski definition) is 4. The van der Waals surface area contributed by atoms with Gasteiger partial charge >= 0.3 is 0 Å². The maximum atomic E-state index is 12.6. The SMILES string of the molecule is O=C(CCc1cc(=O)[nH]o1)N1CCCC[C@H]1CCc1ccc(O)cc1. The molecule has 6 nitrogen and oxygen atoms in total. The largest absolute Gasteiger partial charge is 0.508 e. The van der Waals surface area contributed by atoms with Gasteiger partial charge in [-0.05, 0) is 49.8 Å². The number of aryl methyl sites for hydroxylation is 2. The van der Waals surface area contributed by atoms with Crippen molar-refractivity contribution in [3.05, 3.63) is 52.0 Å². The molecule has 0 spiro atoms. The molecule has 1 aromatic heterocycles. The third kappa shape index (κ3) is 4.75. The van der Waals surface area contributed by atoms with E-state index in [1.807, 2.05) is 17.0 Å². The first kappa shape index (κ1) is 17.3. The van der Waals surface area contributed by atoms with Gasteiger partial charge in [0.25, 0.3) is 5.56 Å². The van der Waals surface area contributed by atoms with Crippen molar-refractivity contribution in [2.75, 3.05) is 6.54 Å². The number of hydrogen-bond donors (Lipinski definition) is 2. The fourth-order valence-corrected chi connectivity index (χ4v) is 3.44. The first-order valence-electron chi connectivity index (χ1n) is 8.86. The Bertz CT molecular complexity index is 747. The molecule has 0 radical (unpaired) electrons. The number of nitrogens with one attached hydrogen (secondary N) is 1. The van der Waals surface area contributed by atoms with E-state index >= 15 is 0 Å². The van der Waals surface area contributed by atoms with Crippen molar-refractivity contribution in [1.29, 1.82) is 0 Å². The zero-order valence-electron chi connectivity index (χ0n) is 14.2. The Balaban J connectivity index is 1.54. The molecule has 1 fully saturated rings. The van der Waals surface area contributed by atoms with Crippen LogP contribution < -0.4 is 5.56 Å². The van der Waals surface area contributed by atoms with Gasteiger partial charge in [0.1, 0.15) is 11.5 Å². The molecule has 2 aromatic rings. The summed E-state index contributed by atoms with van der Waals surface area (Å²) in [4.78, 5) is 25.7. The van der Waals surface area contributed by atoms with Gasteiger partial charge in [-0.25, -0.2) is 0 Å². The third-order valence-corrected chi connectivity index (χ3v) is 4.81. The zero-order chi connectivity index (χ0) is 17.6. The number of benzene rings is 1. The van der Waals surface area contributed by atoms with Crippen LogP contribution in [0.1, 0.15) is 43.4 Å². The average molecular weight is 344 g/mol. The second-order valence-corrected chi connectivity index (χ2v) is 6.62. The number of phenols is 1. The lowest BCUT2D eigenvalue weighted by Gasteiger charge is -2.36. The van der Waals surface area contributed by atoms with Crippen molar-refractivity contribution in [3.63, 3.8) is 0 Å². The third-order valence-electron chi connectivity index (χ3n) is 4.81. The van der Waals surface area contributed by atoms with Gasteiger partial charge in [0, 0.05) is 31.5 Å². The molecule has 0 saturated carbocycles. The summed E-state index contributed by atoms with van der Waals surface area (Å²) in [5.74, 6) is 0.921. The van der Waals surface area contributed by atoms with Crippen LogP contribution in [0.4, 0.5) is 0 Å². The molecule has 3 rings (SSSR count). The van der Waals surface area contributed by atoms with Crippen LogP contribution in [-0.4, -0.2) is 33.7 Å². The van der Waals surface area contributed by atoms with Gasteiger partial charge in [-0.2, -0.15) is 5.16 Å². The number of rotatable bonds is 6. The standard InChI is InChI=1S/C19H24N2O4/c22-16-8-5-14(6-9-16)4-7-15-3-1-2-12-21(15)19(24)11-10-17-13-18(23)20-25-17/h5-6,8-9,13,15,22H,1-4,7,10-12H2,(H,20,23)/t15-/m0/s1. The van der Waals surface area contributed by atoms with Crippen molar-refractivity contribution in [1.82, 2.24) is 10.1 Å². The van der Waals surface area contributed by atoms with E-state index in [1.165, 1.54) is 11.6 Å². The Hall–Kier alpha value is -2.50. The molecule has 0 aliphatic carbocycles. The van der Waals surface area contributed by atoms with Crippen molar-refractivity contribution in [2.45, 2.75) is 51.0 Å². The van der Waals surface area contributed by atoms with Crippen LogP contribution in [0.25, 0.3) is 0 Å². The number of carbonyl (C=O) groups excluding carboxylic acids is 1. The molecule has 1 saturated heterocycles. The van der Waals surface area contributed by atoms with Gasteiger partial charge < -0.3 is 14.5 Å². The number of phenolic OH excluding ortho intramolecular Hbond substituents is 1. The van der Waals surface area contributed by atoms with Gasteiger partial charge in [0.15, 0.2) is 0 Å². The van der Waals surface area contributed by atoms with Crippen LogP contribution in [0.3, 0.4) is 0 Å². The highest BCUT2D eigenvalue weighted by Gasteiger charge is 2.26. The molecule has 1 amide bonds. The second-order valence-electron chi connectivity index (χ2n) is 6.62. The predicted molar refractivity (Wildman–Crippen MR) is 93.4 cm³/mol. The highest BCUT2D eigenvalue weighted by molar-refractivity contribution is 5.76. The number of likely N-dealkylation sites (tertiary alicyclic amines) is 1. The molecule has 1 aromatic carbocycles. The maximum Gasteiger partial charge on any atom is 0.280 e. The first-order valence-corrected chi connectivity index (χ1v) is 8.86. The summed E-state index contributed by atoms with van der Waals surface area (Å²) >= 11 is 0. The van der Waals surface area contributed by atoms with Crippen LogP contribution in [-0.2, 0) is 17.6 Å². The molecular formula is C19H24N2O4. The summed E-state index contributed by atoms with van der Waals surface area (Å²) in [6.07, 6.45) is 5.84. The molecule has 0 bridgehead atoms. The summed E-state index contributed by atoms with van der Waals surface area (Å²) in [5.41, 5.74) is 0.900. The summed E-state index contributed by atoms with van der Waals surface area (Å²) in [6.45, 7) is 0.802. The predicted octanol–water partition coefficient (Wildman–Crippen LogP) is 2.62. The molecule has 0 unspecified atom stereocenters. The van der Waals surface area contributed by atoms with Crippen LogP contribution >= 0.6 is 0 Å². The molecule has 1 atom stereocenters. The van der Waals surface area contributed by atoms with E-state index in [1.54, 1.807) is 12.1 Å². The lowest BCUT2D eigenvalue weighted by atomic mass is 9.95. The highest BCUT2D eigenvalue weighted by atomic mass is 16.5. The van der Waals surface area contributed by atoms with Crippen LogP contribution in [0.5, 0.6) is 5.75 Å². The number of aromatic amines is 1. The number of nitrogens with zero attached hydrogens (tertiary/aromatic N) is 1. The Labute approximate surface area is 146 Å². The van der Waals surface area contributed by atoms with Gasteiger partial charge in [-0.1, -0.05) is 12.1 Å². The topological polar surface area (TPSA) is 86.5 Å². The minimum atomic E-state index is -0.271. The summed E-state index contributed by atoms with van der Waals surface area (Å²) < 4.78 is 5.02. The fraction of sp³-hybridized carbons (Fsp3) is 0.474. The lowest BCUT2D eigenvalue weighted by Crippen LogP contribution is -2.44. The average Bonchev–Trinajstić information content (AvgIpc) is 3.05. The number of amides is 1. The van der Waals surface area contributed by atoms with Crippen molar-refractivity contribution < 1.29 is 14.4 Å². The number of aromatic hydroxyl groups is 1. The van der Waals surface area contributed by atoms with E-state index in [0.717, 1.165) is 38.6 Å². The normalized spacial score (nSPS) is 17.6. The van der Waals surface area contributed by atoms with Gasteiger partial charge in [0.2, 0.25) is 5.91 Å². The van der Waals surface area contributed by atoms with E-state index in [9.17, 15) is 14.7 Å². The number of piperidine rings is 1. The summed E-state index contributed by atoms with van der Waals surface area (Å²) in [7, 11) is 0. The first-order chi connectivity index (χ1) is 12.1. The van der Waals surface area contributed by atoms with Gasteiger partial charge in [-0.15, -0.1) is 0 Å². The lowest BCUT2D eigenvalue weighted by molar-refractivity contribution is -0.135. The summed E-state index contributed by atoms with van der Waals surface area (Å²) in [6, 6.07) is 8.91. The van der Waals surface area contributed by atoms with Crippen LogP contribution in [0.2, 0.25) is 0 Å². The second kappa shape index (κ2) is 8.05. The van der Waals surface area contributed by atoms with Crippen LogP contribution in [0, 0.1) is 0 Å². The quantitative estimate of drug-likeness (QED) is 0.843. The molecule has 2 heterocycles. The van der Waals surface area contributed by atoms with E-state index in [4.69, 9.17) is 4.52 Å². The van der Waals surface area contributed by atoms with Crippen LogP contribution in [0.15, 0.2) is 39.6 Å². The van der Waals surface area contributed by atoms with Crippen molar-refractivity contribution in [2.24, 2.45) is 0 Å². The number of H-pyrrole nitrogens is 1. The molecule has 6 heteroatoms. The zero-order valence-corrected chi connectivity index (χ0v) is 14.2. The molecular weight excluding hydrogens is 320 g/mol. The Morgan fingerprint density at radius 1 is 1.24 bits per heavy atom. The molecule has 2 N–H and O–H groups in total. The molecule has 1 aliphatic heterocycles. The molecule has 134 valence electrons. The van der Waals surface area contributed by atoms with E-state index in [0.29, 0.717) is 18.6 Å². The highest BCUT2D eigenvalue weighted by Crippen LogP contribution is 2.23.